The molecule has 0 saturated carbocycles. The molecule has 2 aliphatic rings. The highest BCUT2D eigenvalue weighted by molar-refractivity contribution is 6.21. The third-order valence-electron chi connectivity index (χ3n) is 6.41. The summed E-state index contributed by atoms with van der Waals surface area (Å²) in [4.78, 5) is 41.2. The van der Waals surface area contributed by atoms with Crippen molar-refractivity contribution in [3.8, 4) is 0 Å². The van der Waals surface area contributed by atoms with Gasteiger partial charge in [0.2, 0.25) is 5.91 Å². The third-order valence-corrected chi connectivity index (χ3v) is 6.41. The standard InChI is InChI=1S/C24H35N3O5/c1-17(2)15-18(16-26-11-13-32-14-12-26)19(22(28)25-31)7-5-6-10-27-23(29)20-8-3-4-9-21(20)24(27)30/h3-4,8-9,17-19,31H,5-7,10-16H2,1-2H3,(H,25,28)/t18-,19-/m0/s1. The lowest BCUT2D eigenvalue weighted by Crippen LogP contribution is -2.44. The number of hydroxylamine groups is 1. The number of hydrogen-bond donors (Lipinski definition) is 2. The number of imide groups is 1. The first-order valence-electron chi connectivity index (χ1n) is 11.6. The van der Waals surface area contributed by atoms with Crippen molar-refractivity contribution in [3.05, 3.63) is 35.4 Å². The highest BCUT2D eigenvalue weighted by Crippen LogP contribution is 2.28. The Morgan fingerprint density at radius 1 is 1.09 bits per heavy atom. The Labute approximate surface area is 189 Å². The minimum atomic E-state index is -0.357. The molecule has 0 unspecified atom stereocenters. The second kappa shape index (κ2) is 11.5. The molecule has 1 aromatic rings. The molecule has 1 aromatic carbocycles. The predicted octanol–water partition coefficient (Wildman–Crippen LogP) is 2.57. The fourth-order valence-electron chi connectivity index (χ4n) is 4.83. The first-order valence-corrected chi connectivity index (χ1v) is 11.6. The summed E-state index contributed by atoms with van der Waals surface area (Å²) in [7, 11) is 0. The Bertz CT molecular complexity index is 772. The van der Waals surface area contributed by atoms with Gasteiger partial charge in [-0.05, 0) is 43.2 Å². The number of hydrogen-bond acceptors (Lipinski definition) is 6. The smallest absolute Gasteiger partial charge is 0.261 e. The molecule has 2 N–H and O–H groups in total. The predicted molar refractivity (Wildman–Crippen MR) is 119 cm³/mol. The molecule has 8 nitrogen and oxygen atoms in total. The zero-order valence-electron chi connectivity index (χ0n) is 19.1. The molecule has 0 aliphatic carbocycles. The zero-order chi connectivity index (χ0) is 23.1. The second-order valence-electron chi connectivity index (χ2n) is 9.19. The van der Waals surface area contributed by atoms with Crippen molar-refractivity contribution in [1.82, 2.24) is 15.3 Å². The number of carbonyl (C=O) groups excluding carboxylic acids is 3. The summed E-state index contributed by atoms with van der Waals surface area (Å²) in [5, 5.41) is 9.36. The van der Waals surface area contributed by atoms with Gasteiger partial charge in [-0.15, -0.1) is 0 Å². The molecular weight excluding hydrogens is 410 g/mol. The number of carbonyl (C=O) groups is 3. The number of morpholine rings is 1. The van der Waals surface area contributed by atoms with Gasteiger partial charge in [0.05, 0.1) is 24.3 Å². The van der Waals surface area contributed by atoms with Crippen LogP contribution in [0, 0.1) is 17.8 Å². The molecule has 3 amide bonds. The van der Waals surface area contributed by atoms with Crippen LogP contribution in [0.1, 0.15) is 60.2 Å². The molecular formula is C24H35N3O5. The minimum absolute atomic E-state index is 0.111. The summed E-state index contributed by atoms with van der Waals surface area (Å²) >= 11 is 0. The number of benzene rings is 1. The lowest BCUT2D eigenvalue weighted by molar-refractivity contribution is -0.136. The molecule has 0 aromatic heterocycles. The van der Waals surface area contributed by atoms with Gasteiger partial charge in [-0.1, -0.05) is 32.4 Å². The van der Waals surface area contributed by atoms with E-state index >= 15 is 0 Å². The van der Waals surface area contributed by atoms with Crippen molar-refractivity contribution in [1.29, 1.82) is 0 Å². The van der Waals surface area contributed by atoms with Gasteiger partial charge in [-0.3, -0.25) is 29.4 Å². The monoisotopic (exact) mass is 445 g/mol. The Balaban J connectivity index is 1.58. The first kappa shape index (κ1) is 24.4. The number of nitrogens with zero attached hydrogens (tertiary/aromatic N) is 2. The minimum Gasteiger partial charge on any atom is -0.379 e. The van der Waals surface area contributed by atoms with Crippen molar-refractivity contribution in [3.63, 3.8) is 0 Å². The maximum atomic E-state index is 12.6. The first-order chi connectivity index (χ1) is 15.4. The summed E-state index contributed by atoms with van der Waals surface area (Å²) in [6, 6.07) is 6.88. The average Bonchev–Trinajstić information content (AvgIpc) is 3.03. The number of rotatable bonds is 11. The summed E-state index contributed by atoms with van der Waals surface area (Å²) in [6.07, 6.45) is 2.78. The molecule has 2 atom stereocenters. The van der Waals surface area contributed by atoms with Gasteiger partial charge in [0, 0.05) is 32.1 Å². The fraction of sp³-hybridized carbons (Fsp3) is 0.625. The number of nitrogens with one attached hydrogen (secondary N) is 1. The number of amides is 3. The Kier molecular flexibility index (Phi) is 8.78. The lowest BCUT2D eigenvalue weighted by Gasteiger charge is -2.34. The van der Waals surface area contributed by atoms with Crippen molar-refractivity contribution < 1.29 is 24.3 Å². The van der Waals surface area contributed by atoms with E-state index in [-0.39, 0.29) is 29.6 Å². The summed E-state index contributed by atoms with van der Waals surface area (Å²) < 4.78 is 5.44. The average molecular weight is 446 g/mol. The molecule has 1 saturated heterocycles. The lowest BCUT2D eigenvalue weighted by atomic mass is 9.81. The van der Waals surface area contributed by atoms with Crippen molar-refractivity contribution in [2.75, 3.05) is 39.4 Å². The highest BCUT2D eigenvalue weighted by atomic mass is 16.5. The van der Waals surface area contributed by atoms with Crippen molar-refractivity contribution in [2.24, 2.45) is 17.8 Å². The quantitative estimate of drug-likeness (QED) is 0.235. The maximum absolute atomic E-state index is 12.6. The van der Waals surface area contributed by atoms with Gasteiger partial charge in [0.1, 0.15) is 0 Å². The van der Waals surface area contributed by atoms with Crippen molar-refractivity contribution in [2.45, 2.75) is 39.5 Å². The zero-order valence-corrected chi connectivity index (χ0v) is 19.1. The van der Waals surface area contributed by atoms with Gasteiger partial charge >= 0.3 is 0 Å². The maximum Gasteiger partial charge on any atom is 0.261 e. The normalized spacial score (nSPS) is 18.7. The molecule has 2 aliphatic heterocycles. The molecule has 1 fully saturated rings. The van der Waals surface area contributed by atoms with Gasteiger partial charge in [-0.2, -0.15) is 0 Å². The van der Waals surface area contributed by atoms with E-state index < -0.39 is 0 Å². The molecule has 2 heterocycles. The van der Waals surface area contributed by atoms with Crippen LogP contribution in [0.15, 0.2) is 24.3 Å². The van der Waals surface area contributed by atoms with E-state index in [0.717, 1.165) is 26.1 Å². The van der Waals surface area contributed by atoms with Crippen LogP contribution in [0.2, 0.25) is 0 Å². The van der Waals surface area contributed by atoms with Crippen LogP contribution in [0.3, 0.4) is 0 Å². The van der Waals surface area contributed by atoms with Crippen LogP contribution in [0.5, 0.6) is 0 Å². The largest absolute Gasteiger partial charge is 0.379 e. The number of fused-ring (bicyclic) bond motifs is 1. The Morgan fingerprint density at radius 3 is 2.28 bits per heavy atom. The van der Waals surface area contributed by atoms with Crippen LogP contribution >= 0.6 is 0 Å². The Hall–Kier alpha value is -2.29. The second-order valence-corrected chi connectivity index (χ2v) is 9.19. The SMILES string of the molecule is CC(C)C[C@@H](CN1CCOCC1)[C@H](CCCCN1C(=O)c2ccccc2C1=O)C(=O)NO. The molecule has 8 heteroatoms. The Morgan fingerprint density at radius 2 is 1.72 bits per heavy atom. The summed E-state index contributed by atoms with van der Waals surface area (Å²) in [5.74, 6) is -0.648. The van der Waals surface area contributed by atoms with E-state index in [1.54, 1.807) is 24.3 Å². The molecule has 32 heavy (non-hydrogen) atoms. The van der Waals surface area contributed by atoms with E-state index in [4.69, 9.17) is 4.74 Å². The topological polar surface area (TPSA) is 99.2 Å². The van der Waals surface area contributed by atoms with Crippen LogP contribution in [0.25, 0.3) is 0 Å². The third kappa shape index (κ3) is 5.94. The molecule has 0 bridgehead atoms. The molecule has 0 radical (unpaired) electrons. The van der Waals surface area contributed by atoms with Crippen LogP contribution in [-0.4, -0.2) is 72.1 Å². The summed E-state index contributed by atoms with van der Waals surface area (Å²) in [6.45, 7) is 8.50. The van der Waals surface area contributed by atoms with E-state index in [9.17, 15) is 19.6 Å². The van der Waals surface area contributed by atoms with E-state index in [0.29, 0.717) is 56.1 Å². The van der Waals surface area contributed by atoms with E-state index in [1.165, 1.54) is 4.90 Å². The summed E-state index contributed by atoms with van der Waals surface area (Å²) in [5.41, 5.74) is 2.78. The molecule has 3 rings (SSSR count). The van der Waals surface area contributed by atoms with Crippen LogP contribution in [0.4, 0.5) is 0 Å². The number of ether oxygens (including phenoxy) is 1. The fourth-order valence-corrected chi connectivity index (χ4v) is 4.83. The van der Waals surface area contributed by atoms with E-state index in [2.05, 4.69) is 18.7 Å². The van der Waals surface area contributed by atoms with Crippen molar-refractivity contribution >= 4 is 17.7 Å². The van der Waals surface area contributed by atoms with Gasteiger partial charge < -0.3 is 4.74 Å². The van der Waals surface area contributed by atoms with Gasteiger partial charge in [-0.25, -0.2) is 5.48 Å². The van der Waals surface area contributed by atoms with Crippen LogP contribution < -0.4 is 5.48 Å². The highest BCUT2D eigenvalue weighted by Gasteiger charge is 2.35. The molecule has 0 spiro atoms. The van der Waals surface area contributed by atoms with Gasteiger partial charge in [0.15, 0.2) is 0 Å². The van der Waals surface area contributed by atoms with Gasteiger partial charge in [0.25, 0.3) is 11.8 Å². The number of unbranched alkanes of at least 4 members (excludes halogenated alkanes) is 1. The van der Waals surface area contributed by atoms with Crippen LogP contribution in [-0.2, 0) is 9.53 Å². The molecule has 176 valence electrons. The van der Waals surface area contributed by atoms with E-state index in [1.807, 2.05) is 5.48 Å².